The number of hydrogen-bond donors (Lipinski definition) is 1. The van der Waals surface area contributed by atoms with E-state index < -0.39 is 0 Å². The second-order valence-corrected chi connectivity index (χ2v) is 7.03. The van der Waals surface area contributed by atoms with Gasteiger partial charge in [0.2, 0.25) is 5.13 Å². The standard InChI is InChI=1S/C14H17N3S2/c1-2-15-13-16-17-14(19-13)18-12-9-5-7-10-6-3-4-8-11(10)12/h3-4,6,8,12H,2,5,7,9H2,1H3,(H,15,16). The lowest BCUT2D eigenvalue weighted by Crippen LogP contribution is -2.06. The van der Waals surface area contributed by atoms with Crippen LogP contribution in [0.5, 0.6) is 0 Å². The summed E-state index contributed by atoms with van der Waals surface area (Å²) in [5.74, 6) is 0. The monoisotopic (exact) mass is 291 g/mol. The van der Waals surface area contributed by atoms with Gasteiger partial charge >= 0.3 is 0 Å². The maximum atomic E-state index is 4.27. The van der Waals surface area contributed by atoms with Crippen LogP contribution in [0.3, 0.4) is 0 Å². The number of fused-ring (bicyclic) bond motifs is 1. The normalized spacial score (nSPS) is 18.1. The number of hydrogen-bond acceptors (Lipinski definition) is 5. The van der Waals surface area contributed by atoms with Gasteiger partial charge in [0.15, 0.2) is 4.34 Å². The van der Waals surface area contributed by atoms with Crippen molar-refractivity contribution in [1.29, 1.82) is 0 Å². The Bertz CT molecular complexity index is 553. The van der Waals surface area contributed by atoms with Crippen molar-refractivity contribution in [3.05, 3.63) is 35.4 Å². The number of aryl methyl sites for hydroxylation is 1. The Kier molecular flexibility index (Phi) is 4.03. The number of nitrogens with zero attached hydrogens (tertiary/aromatic N) is 2. The Labute approximate surface area is 121 Å². The summed E-state index contributed by atoms with van der Waals surface area (Å²) in [6.45, 7) is 2.97. The van der Waals surface area contributed by atoms with E-state index in [-0.39, 0.29) is 0 Å². The average Bonchev–Trinajstić information content (AvgIpc) is 2.87. The van der Waals surface area contributed by atoms with Crippen molar-refractivity contribution in [3.8, 4) is 0 Å². The largest absolute Gasteiger partial charge is 0.360 e. The second kappa shape index (κ2) is 5.92. The second-order valence-electron chi connectivity index (χ2n) is 4.60. The molecular weight excluding hydrogens is 274 g/mol. The fourth-order valence-corrected chi connectivity index (χ4v) is 4.73. The quantitative estimate of drug-likeness (QED) is 0.918. The summed E-state index contributed by atoms with van der Waals surface area (Å²) >= 11 is 3.51. The molecule has 0 saturated carbocycles. The van der Waals surface area contributed by atoms with Crippen LogP contribution in [0, 0.1) is 0 Å². The summed E-state index contributed by atoms with van der Waals surface area (Å²) in [6.07, 6.45) is 3.72. The number of rotatable bonds is 4. The lowest BCUT2D eigenvalue weighted by molar-refractivity contribution is 0.673. The van der Waals surface area contributed by atoms with E-state index in [9.17, 15) is 0 Å². The maximum Gasteiger partial charge on any atom is 0.206 e. The topological polar surface area (TPSA) is 37.8 Å². The summed E-state index contributed by atoms with van der Waals surface area (Å²) in [6, 6.07) is 8.80. The zero-order valence-electron chi connectivity index (χ0n) is 10.9. The molecule has 0 fully saturated rings. The van der Waals surface area contributed by atoms with Crippen molar-refractivity contribution in [2.45, 2.75) is 35.8 Å². The first-order valence-corrected chi connectivity index (χ1v) is 8.38. The van der Waals surface area contributed by atoms with E-state index in [1.807, 2.05) is 11.8 Å². The molecule has 2 aromatic rings. The molecule has 0 bridgehead atoms. The molecule has 1 N–H and O–H groups in total. The van der Waals surface area contributed by atoms with Gasteiger partial charge in [0.05, 0.1) is 0 Å². The van der Waals surface area contributed by atoms with Gasteiger partial charge in [-0.25, -0.2) is 0 Å². The number of nitrogens with one attached hydrogen (secondary N) is 1. The zero-order chi connectivity index (χ0) is 13.1. The Morgan fingerprint density at radius 1 is 1.37 bits per heavy atom. The van der Waals surface area contributed by atoms with Crippen molar-refractivity contribution in [3.63, 3.8) is 0 Å². The number of anilines is 1. The summed E-state index contributed by atoms with van der Waals surface area (Å²) < 4.78 is 1.07. The maximum absolute atomic E-state index is 4.27. The summed E-state index contributed by atoms with van der Waals surface area (Å²) in [5, 5.41) is 13.1. The van der Waals surface area contributed by atoms with E-state index in [1.54, 1.807) is 11.3 Å². The molecule has 0 spiro atoms. The molecule has 0 aliphatic heterocycles. The van der Waals surface area contributed by atoms with E-state index in [0.29, 0.717) is 5.25 Å². The van der Waals surface area contributed by atoms with Crippen LogP contribution in [-0.2, 0) is 6.42 Å². The predicted molar refractivity (Wildman–Crippen MR) is 82.1 cm³/mol. The number of aromatic nitrogens is 2. The highest BCUT2D eigenvalue weighted by molar-refractivity contribution is 8.01. The molecule has 1 aliphatic carbocycles. The Morgan fingerprint density at radius 3 is 3.16 bits per heavy atom. The number of benzene rings is 1. The first-order chi connectivity index (χ1) is 9.36. The molecule has 1 aromatic heterocycles. The molecule has 1 aliphatic rings. The van der Waals surface area contributed by atoms with Crippen LogP contribution in [0.25, 0.3) is 0 Å². The van der Waals surface area contributed by atoms with Crippen LogP contribution in [0.1, 0.15) is 36.1 Å². The van der Waals surface area contributed by atoms with Gasteiger partial charge < -0.3 is 5.32 Å². The van der Waals surface area contributed by atoms with Gasteiger partial charge in [-0.1, -0.05) is 47.4 Å². The third kappa shape index (κ3) is 2.92. The molecule has 19 heavy (non-hydrogen) atoms. The van der Waals surface area contributed by atoms with Gasteiger partial charge in [0.1, 0.15) is 0 Å². The van der Waals surface area contributed by atoms with Crippen LogP contribution in [0.15, 0.2) is 28.6 Å². The zero-order valence-corrected chi connectivity index (χ0v) is 12.6. The summed E-state index contributed by atoms with van der Waals surface area (Å²) in [4.78, 5) is 0. The van der Waals surface area contributed by atoms with Crippen molar-refractivity contribution < 1.29 is 0 Å². The van der Waals surface area contributed by atoms with Crippen molar-refractivity contribution in [2.75, 3.05) is 11.9 Å². The van der Waals surface area contributed by atoms with Gasteiger partial charge in [-0.2, -0.15) is 0 Å². The van der Waals surface area contributed by atoms with Gasteiger partial charge in [-0.15, -0.1) is 10.2 Å². The molecule has 100 valence electrons. The molecule has 1 unspecified atom stereocenters. The molecule has 3 rings (SSSR count). The average molecular weight is 291 g/mol. The fourth-order valence-electron chi connectivity index (χ4n) is 2.43. The predicted octanol–water partition coefficient (Wildman–Crippen LogP) is 4.14. The molecule has 1 atom stereocenters. The van der Waals surface area contributed by atoms with E-state index in [0.717, 1.165) is 16.0 Å². The minimum absolute atomic E-state index is 0.535. The minimum atomic E-state index is 0.535. The minimum Gasteiger partial charge on any atom is -0.360 e. The SMILES string of the molecule is CCNc1nnc(SC2CCCc3ccccc32)s1. The summed E-state index contributed by atoms with van der Waals surface area (Å²) in [7, 11) is 0. The third-order valence-corrected chi connectivity index (χ3v) is 5.56. The van der Waals surface area contributed by atoms with Gasteiger partial charge in [-0.3, -0.25) is 0 Å². The van der Waals surface area contributed by atoms with E-state index in [1.165, 1.54) is 30.4 Å². The Morgan fingerprint density at radius 2 is 2.26 bits per heavy atom. The highest BCUT2D eigenvalue weighted by Gasteiger charge is 2.22. The van der Waals surface area contributed by atoms with E-state index in [2.05, 4.69) is 46.7 Å². The molecule has 0 saturated heterocycles. The van der Waals surface area contributed by atoms with E-state index >= 15 is 0 Å². The van der Waals surface area contributed by atoms with Gasteiger partial charge in [-0.05, 0) is 37.3 Å². The van der Waals surface area contributed by atoms with Gasteiger partial charge in [0, 0.05) is 11.8 Å². The smallest absolute Gasteiger partial charge is 0.206 e. The molecule has 0 amide bonds. The van der Waals surface area contributed by atoms with Crippen molar-refractivity contribution >= 4 is 28.2 Å². The molecule has 3 nitrogen and oxygen atoms in total. The fraction of sp³-hybridized carbons (Fsp3) is 0.429. The summed E-state index contributed by atoms with van der Waals surface area (Å²) in [5.41, 5.74) is 2.99. The van der Waals surface area contributed by atoms with E-state index in [4.69, 9.17) is 0 Å². The highest BCUT2D eigenvalue weighted by atomic mass is 32.2. The molecular formula is C14H17N3S2. The van der Waals surface area contributed by atoms with Crippen LogP contribution < -0.4 is 5.32 Å². The van der Waals surface area contributed by atoms with Crippen LogP contribution in [0.2, 0.25) is 0 Å². The van der Waals surface area contributed by atoms with Gasteiger partial charge in [0.25, 0.3) is 0 Å². The van der Waals surface area contributed by atoms with Crippen LogP contribution in [0.4, 0.5) is 5.13 Å². The molecule has 5 heteroatoms. The third-order valence-electron chi connectivity index (χ3n) is 3.29. The van der Waals surface area contributed by atoms with Crippen LogP contribution >= 0.6 is 23.1 Å². The first-order valence-electron chi connectivity index (χ1n) is 6.68. The first kappa shape index (κ1) is 12.9. The Balaban J connectivity index is 1.76. The Hall–Kier alpha value is -1.07. The van der Waals surface area contributed by atoms with Crippen molar-refractivity contribution in [2.24, 2.45) is 0 Å². The highest BCUT2D eigenvalue weighted by Crippen LogP contribution is 2.44. The molecule has 1 heterocycles. The molecule has 0 radical (unpaired) electrons. The number of thioether (sulfide) groups is 1. The lowest BCUT2D eigenvalue weighted by atomic mass is 9.91. The molecule has 1 aromatic carbocycles. The van der Waals surface area contributed by atoms with Crippen LogP contribution in [-0.4, -0.2) is 16.7 Å². The lowest BCUT2D eigenvalue weighted by Gasteiger charge is -2.23. The van der Waals surface area contributed by atoms with Crippen molar-refractivity contribution in [1.82, 2.24) is 10.2 Å².